The lowest BCUT2D eigenvalue weighted by Crippen LogP contribution is -2.48. The molecule has 0 aromatic heterocycles. The van der Waals surface area contributed by atoms with Gasteiger partial charge in [-0.15, -0.1) is 0 Å². The highest BCUT2D eigenvalue weighted by molar-refractivity contribution is 6.58. The second kappa shape index (κ2) is 3.92. The summed E-state index contributed by atoms with van der Waals surface area (Å²) < 4.78 is 2.91. The van der Waals surface area contributed by atoms with Crippen molar-refractivity contribution in [2.45, 2.75) is 57.2 Å². The molecule has 0 aromatic rings. The maximum absolute atomic E-state index is 2.91. The Morgan fingerprint density at radius 1 is 1.17 bits per heavy atom. The highest BCUT2D eigenvalue weighted by atomic mass is 28.3. The topological polar surface area (TPSA) is 3.24 Å². The van der Waals surface area contributed by atoms with Gasteiger partial charge >= 0.3 is 0 Å². The van der Waals surface area contributed by atoms with E-state index in [0.717, 1.165) is 6.04 Å². The molecular formula is C10H21NSi. The zero-order chi connectivity index (χ0) is 8.39. The second-order valence-electron chi connectivity index (χ2n) is 4.35. The van der Waals surface area contributed by atoms with E-state index in [4.69, 9.17) is 0 Å². The predicted molar refractivity (Wildman–Crippen MR) is 56.0 cm³/mol. The van der Waals surface area contributed by atoms with Crippen LogP contribution in [0.15, 0.2) is 0 Å². The summed E-state index contributed by atoms with van der Waals surface area (Å²) in [4.78, 5) is 0. The highest BCUT2D eigenvalue weighted by Gasteiger charge is 2.31. The quantitative estimate of drug-likeness (QED) is 0.607. The van der Waals surface area contributed by atoms with Crippen molar-refractivity contribution in [2.75, 3.05) is 6.54 Å². The van der Waals surface area contributed by atoms with Gasteiger partial charge in [-0.05, 0) is 31.5 Å². The van der Waals surface area contributed by atoms with Crippen molar-refractivity contribution in [2.24, 2.45) is 0 Å². The third kappa shape index (κ3) is 1.60. The van der Waals surface area contributed by atoms with Crippen LogP contribution in [-0.4, -0.2) is 26.1 Å². The van der Waals surface area contributed by atoms with Crippen LogP contribution in [0.3, 0.4) is 0 Å². The van der Waals surface area contributed by atoms with Crippen LogP contribution in [0.5, 0.6) is 0 Å². The molecule has 0 amide bonds. The number of nitrogens with zero attached hydrogens (tertiary/aromatic N) is 1. The summed E-state index contributed by atoms with van der Waals surface area (Å²) in [5, 5.41) is 0. The molecule has 2 rings (SSSR count). The normalized spacial score (nSPS) is 26.5. The van der Waals surface area contributed by atoms with Crippen molar-refractivity contribution >= 4 is 8.96 Å². The lowest BCUT2D eigenvalue weighted by Gasteiger charge is -2.39. The third-order valence-corrected chi connectivity index (χ3v) is 7.58. The molecule has 12 heavy (non-hydrogen) atoms. The van der Waals surface area contributed by atoms with Crippen molar-refractivity contribution in [3.05, 3.63) is 0 Å². The SMILES string of the molecule is CCN(C1CCCC1)[SiH]1CCC1. The molecule has 1 nitrogen and oxygen atoms in total. The Morgan fingerprint density at radius 3 is 2.25 bits per heavy atom. The van der Waals surface area contributed by atoms with Crippen LogP contribution in [0.2, 0.25) is 12.1 Å². The van der Waals surface area contributed by atoms with Gasteiger partial charge in [-0.3, -0.25) is 0 Å². The van der Waals surface area contributed by atoms with E-state index in [9.17, 15) is 0 Å². The average molecular weight is 183 g/mol. The molecule has 2 heteroatoms. The van der Waals surface area contributed by atoms with Gasteiger partial charge in [-0.2, -0.15) is 0 Å². The lowest BCUT2D eigenvalue weighted by atomic mass is 10.2. The van der Waals surface area contributed by atoms with Crippen molar-refractivity contribution in [3.63, 3.8) is 0 Å². The fourth-order valence-electron chi connectivity index (χ4n) is 2.77. The van der Waals surface area contributed by atoms with Crippen molar-refractivity contribution in [3.8, 4) is 0 Å². The van der Waals surface area contributed by atoms with Crippen LogP contribution in [0, 0.1) is 0 Å². The summed E-state index contributed by atoms with van der Waals surface area (Å²) in [7, 11) is -0.336. The first-order valence-electron chi connectivity index (χ1n) is 5.67. The number of hydrogen-bond donors (Lipinski definition) is 0. The van der Waals surface area contributed by atoms with Crippen LogP contribution in [-0.2, 0) is 0 Å². The highest BCUT2D eigenvalue weighted by Crippen LogP contribution is 2.30. The molecule has 2 fully saturated rings. The summed E-state index contributed by atoms with van der Waals surface area (Å²) in [6.07, 6.45) is 7.57. The monoisotopic (exact) mass is 183 g/mol. The molecule has 0 atom stereocenters. The van der Waals surface area contributed by atoms with E-state index in [-0.39, 0.29) is 8.96 Å². The molecule has 0 N–H and O–H groups in total. The summed E-state index contributed by atoms with van der Waals surface area (Å²) in [5.74, 6) is 0. The van der Waals surface area contributed by atoms with Gasteiger partial charge in [-0.1, -0.05) is 26.2 Å². The Kier molecular flexibility index (Phi) is 2.86. The Morgan fingerprint density at radius 2 is 1.83 bits per heavy atom. The van der Waals surface area contributed by atoms with Crippen molar-refractivity contribution in [1.82, 2.24) is 4.57 Å². The molecule has 0 radical (unpaired) electrons. The van der Waals surface area contributed by atoms with E-state index in [0.29, 0.717) is 0 Å². The third-order valence-electron chi connectivity index (χ3n) is 3.70. The van der Waals surface area contributed by atoms with Gasteiger partial charge in [0.25, 0.3) is 0 Å². The van der Waals surface area contributed by atoms with E-state index in [1.54, 1.807) is 18.5 Å². The molecule has 1 saturated carbocycles. The summed E-state index contributed by atoms with van der Waals surface area (Å²) in [6, 6.07) is 4.25. The molecule has 70 valence electrons. The second-order valence-corrected chi connectivity index (χ2v) is 7.48. The van der Waals surface area contributed by atoms with E-state index < -0.39 is 0 Å². The summed E-state index contributed by atoms with van der Waals surface area (Å²) >= 11 is 0. The zero-order valence-electron chi connectivity index (χ0n) is 8.26. The molecule has 1 saturated heterocycles. The Balaban J connectivity index is 1.87. The predicted octanol–water partition coefficient (Wildman–Crippen LogP) is 2.38. The smallest absolute Gasteiger partial charge is 0.112 e. The first-order valence-corrected chi connectivity index (χ1v) is 7.82. The van der Waals surface area contributed by atoms with Crippen LogP contribution >= 0.6 is 0 Å². The minimum absolute atomic E-state index is 0.336. The molecule has 0 unspecified atom stereocenters. The summed E-state index contributed by atoms with van der Waals surface area (Å²) in [5.41, 5.74) is 0. The van der Waals surface area contributed by atoms with E-state index in [1.165, 1.54) is 32.2 Å². The average Bonchev–Trinajstić information content (AvgIpc) is 2.47. The van der Waals surface area contributed by atoms with Gasteiger partial charge in [-0.25, -0.2) is 0 Å². The van der Waals surface area contributed by atoms with Crippen LogP contribution < -0.4 is 0 Å². The molecular weight excluding hydrogens is 162 g/mol. The van der Waals surface area contributed by atoms with Gasteiger partial charge in [0, 0.05) is 6.04 Å². The summed E-state index contributed by atoms with van der Waals surface area (Å²) in [6.45, 7) is 3.71. The minimum atomic E-state index is -0.336. The molecule has 2 aliphatic rings. The maximum Gasteiger partial charge on any atom is 0.112 e. The Labute approximate surface area is 77.8 Å². The van der Waals surface area contributed by atoms with E-state index in [2.05, 4.69) is 11.5 Å². The van der Waals surface area contributed by atoms with Crippen LogP contribution in [0.1, 0.15) is 39.0 Å². The molecule has 0 bridgehead atoms. The minimum Gasteiger partial charge on any atom is -0.324 e. The Bertz CT molecular complexity index is 139. The van der Waals surface area contributed by atoms with Gasteiger partial charge < -0.3 is 4.57 Å². The van der Waals surface area contributed by atoms with E-state index >= 15 is 0 Å². The fourth-order valence-corrected chi connectivity index (χ4v) is 5.62. The molecule has 1 aliphatic heterocycles. The standard InChI is InChI=1S/C10H21NSi/c1-2-11(12-8-5-9-12)10-6-3-4-7-10/h10,12H,2-9H2,1H3. The first-order chi connectivity index (χ1) is 5.92. The number of hydrogen-bond acceptors (Lipinski definition) is 1. The lowest BCUT2D eigenvalue weighted by molar-refractivity contribution is 0.330. The molecule has 1 heterocycles. The molecule has 0 spiro atoms. The Hall–Kier alpha value is 0.177. The largest absolute Gasteiger partial charge is 0.324 e. The van der Waals surface area contributed by atoms with E-state index in [1.807, 2.05) is 0 Å². The molecule has 0 aromatic carbocycles. The fraction of sp³-hybridized carbons (Fsp3) is 1.00. The van der Waals surface area contributed by atoms with Gasteiger partial charge in [0.05, 0.1) is 0 Å². The van der Waals surface area contributed by atoms with Crippen LogP contribution in [0.4, 0.5) is 0 Å². The zero-order valence-corrected chi connectivity index (χ0v) is 9.41. The first kappa shape index (κ1) is 8.76. The maximum atomic E-state index is 2.91. The van der Waals surface area contributed by atoms with Gasteiger partial charge in [0.15, 0.2) is 0 Å². The van der Waals surface area contributed by atoms with Crippen molar-refractivity contribution in [1.29, 1.82) is 0 Å². The number of rotatable bonds is 3. The van der Waals surface area contributed by atoms with Gasteiger partial charge in [0.1, 0.15) is 8.96 Å². The van der Waals surface area contributed by atoms with Crippen molar-refractivity contribution < 1.29 is 0 Å². The van der Waals surface area contributed by atoms with Crippen LogP contribution in [0.25, 0.3) is 0 Å². The molecule has 1 aliphatic carbocycles. The van der Waals surface area contributed by atoms with Gasteiger partial charge in [0.2, 0.25) is 0 Å².